The molecule has 1 heterocycles. The second-order valence-electron chi connectivity index (χ2n) is 6.81. The lowest BCUT2D eigenvalue weighted by Crippen LogP contribution is -2.80. The minimum absolute atomic E-state index is 0.670. The fourth-order valence-corrected chi connectivity index (χ4v) is 3.42. The Bertz CT molecular complexity index is 486. The van der Waals surface area contributed by atoms with E-state index in [-0.39, 0.29) is 0 Å². The lowest BCUT2D eigenvalue weighted by molar-refractivity contribution is -0.851. The summed E-state index contributed by atoms with van der Waals surface area (Å²) in [5.41, 5.74) is 11.2. The molecule has 1 aliphatic heterocycles. The van der Waals surface area contributed by atoms with Crippen molar-refractivity contribution in [1.82, 2.24) is 4.90 Å². The van der Waals surface area contributed by atoms with Gasteiger partial charge in [-0.3, -0.25) is 4.90 Å². The van der Waals surface area contributed by atoms with Gasteiger partial charge in [-0.2, -0.15) is 11.0 Å². The largest absolute Gasteiger partial charge is 0.379 e. The molecule has 2 aliphatic rings. The molecule has 1 saturated heterocycles. The number of fused-ring (bicyclic) bond motifs is 1. The van der Waals surface area contributed by atoms with E-state index in [9.17, 15) is 10.4 Å². The summed E-state index contributed by atoms with van der Waals surface area (Å²) >= 11 is 0. The molecule has 1 aromatic carbocycles. The highest BCUT2D eigenvalue weighted by Gasteiger charge is 2.26. The Labute approximate surface area is 150 Å². The topological polar surface area (TPSA) is 112 Å². The van der Waals surface area contributed by atoms with Crippen molar-refractivity contribution < 1.29 is 26.1 Å². The number of nitrogens with zero attached hydrogens (tertiary/aromatic N) is 1. The molecule has 1 aromatic rings. The van der Waals surface area contributed by atoms with E-state index in [1.54, 1.807) is 0 Å². The van der Waals surface area contributed by atoms with Gasteiger partial charge in [0.2, 0.25) is 11.4 Å². The minimum Gasteiger partial charge on any atom is -0.379 e. The molecule has 0 spiro atoms. The Hall–Kier alpha value is -1.06. The van der Waals surface area contributed by atoms with Crippen molar-refractivity contribution in [2.24, 2.45) is 11.7 Å². The van der Waals surface area contributed by atoms with Crippen LogP contribution in [0.4, 0.5) is 11.4 Å². The van der Waals surface area contributed by atoms with Crippen molar-refractivity contribution in [1.29, 1.82) is 0 Å². The zero-order valence-corrected chi connectivity index (χ0v) is 15.3. The number of quaternary nitrogens is 2. The SMILES string of the molecule is CCCN.O[NH2+]c1cc2c(cc1[NH2+]O)CC(CCN1CCOCC1)C2. The molecule has 25 heavy (non-hydrogen) atoms. The first-order chi connectivity index (χ1) is 12.2. The maximum Gasteiger partial charge on any atom is 0.226 e. The standard InChI is InChI=1S/C15H23N3O3.C3H9N/c19-16-14-9-12-7-11(8-13(12)10-15(14)17-20)1-2-18-3-5-21-6-4-18;1-2-3-4/h9-11,16-17,19-20H,1-8H2;2-4H2,1H3/p+2. The zero-order valence-electron chi connectivity index (χ0n) is 15.3. The van der Waals surface area contributed by atoms with Gasteiger partial charge in [-0.1, -0.05) is 6.92 Å². The first kappa shape index (κ1) is 20.3. The Balaban J connectivity index is 0.000000511. The van der Waals surface area contributed by atoms with Crippen LogP contribution < -0.4 is 16.7 Å². The summed E-state index contributed by atoms with van der Waals surface area (Å²) in [6, 6.07) is 4.01. The average Bonchev–Trinajstić information content (AvgIpc) is 3.07. The van der Waals surface area contributed by atoms with Gasteiger partial charge in [0, 0.05) is 25.2 Å². The predicted octanol–water partition coefficient (Wildman–Crippen LogP) is -0.353. The van der Waals surface area contributed by atoms with Gasteiger partial charge in [-0.15, -0.1) is 0 Å². The number of benzene rings is 1. The molecule has 1 aliphatic carbocycles. The van der Waals surface area contributed by atoms with Gasteiger partial charge < -0.3 is 10.5 Å². The Morgan fingerprint density at radius 2 is 1.64 bits per heavy atom. The summed E-state index contributed by atoms with van der Waals surface area (Å²) in [4.78, 5) is 2.48. The molecule has 0 bridgehead atoms. The fraction of sp³-hybridized carbons (Fsp3) is 0.667. The number of rotatable bonds is 6. The molecule has 0 aromatic heterocycles. The summed E-state index contributed by atoms with van der Waals surface area (Å²) in [6.07, 6.45) is 4.45. The van der Waals surface area contributed by atoms with Crippen LogP contribution in [0.15, 0.2) is 12.1 Å². The molecule has 3 rings (SSSR count). The monoisotopic (exact) mass is 354 g/mol. The number of hydrogen-bond acceptors (Lipinski definition) is 5. The molecular weight excluding hydrogens is 320 g/mol. The number of morpholine rings is 1. The van der Waals surface area contributed by atoms with Crippen molar-refractivity contribution in [2.45, 2.75) is 32.6 Å². The summed E-state index contributed by atoms with van der Waals surface area (Å²) < 4.78 is 5.38. The van der Waals surface area contributed by atoms with Crippen molar-refractivity contribution in [3.63, 3.8) is 0 Å². The first-order valence-corrected chi connectivity index (χ1v) is 9.32. The Morgan fingerprint density at radius 3 is 2.08 bits per heavy atom. The fourth-order valence-electron chi connectivity index (χ4n) is 3.42. The lowest BCUT2D eigenvalue weighted by atomic mass is 10.0. The van der Waals surface area contributed by atoms with Gasteiger partial charge in [0.05, 0.1) is 13.2 Å². The maximum atomic E-state index is 9.25. The van der Waals surface area contributed by atoms with Crippen molar-refractivity contribution >= 4 is 11.4 Å². The molecular formula is C18H34N4O3+2. The third-order valence-electron chi connectivity index (χ3n) is 4.95. The van der Waals surface area contributed by atoms with Gasteiger partial charge >= 0.3 is 0 Å². The molecule has 142 valence electrons. The van der Waals surface area contributed by atoms with Crippen molar-refractivity contribution in [2.75, 3.05) is 39.4 Å². The second-order valence-corrected chi connectivity index (χ2v) is 6.81. The molecule has 0 atom stereocenters. The van der Waals surface area contributed by atoms with Crippen LogP contribution in [-0.2, 0) is 17.6 Å². The van der Waals surface area contributed by atoms with Crippen molar-refractivity contribution in [3.05, 3.63) is 23.3 Å². The van der Waals surface area contributed by atoms with Crippen LogP contribution in [0.1, 0.15) is 30.9 Å². The van der Waals surface area contributed by atoms with Gasteiger partial charge in [-0.25, -0.2) is 10.4 Å². The molecule has 7 heteroatoms. The predicted molar refractivity (Wildman–Crippen MR) is 95.3 cm³/mol. The maximum absolute atomic E-state index is 9.25. The highest BCUT2D eigenvalue weighted by molar-refractivity contribution is 5.56. The van der Waals surface area contributed by atoms with E-state index in [0.29, 0.717) is 17.3 Å². The van der Waals surface area contributed by atoms with E-state index in [4.69, 9.17) is 10.5 Å². The van der Waals surface area contributed by atoms with Crippen LogP contribution in [0.3, 0.4) is 0 Å². The molecule has 0 unspecified atom stereocenters. The minimum atomic E-state index is 0.670. The quantitative estimate of drug-likeness (QED) is 0.354. The lowest BCUT2D eigenvalue weighted by Gasteiger charge is -2.27. The summed E-state index contributed by atoms with van der Waals surface area (Å²) in [6.45, 7) is 7.83. The molecule has 7 nitrogen and oxygen atoms in total. The van der Waals surface area contributed by atoms with Crippen LogP contribution in [0.25, 0.3) is 0 Å². The van der Waals surface area contributed by atoms with Gasteiger partial charge in [-0.05, 0) is 55.8 Å². The van der Waals surface area contributed by atoms with Gasteiger partial charge in [0.1, 0.15) is 0 Å². The summed E-state index contributed by atoms with van der Waals surface area (Å²) in [7, 11) is 0. The molecule has 0 radical (unpaired) electrons. The Morgan fingerprint density at radius 1 is 1.12 bits per heavy atom. The molecule has 1 fully saturated rings. The zero-order chi connectivity index (χ0) is 18.1. The normalized spacial score (nSPS) is 17.9. The van der Waals surface area contributed by atoms with Crippen LogP contribution in [0, 0.1) is 5.92 Å². The van der Waals surface area contributed by atoms with Crippen molar-refractivity contribution in [3.8, 4) is 0 Å². The highest BCUT2D eigenvalue weighted by Crippen LogP contribution is 2.32. The second kappa shape index (κ2) is 10.8. The number of hydrogen-bond donors (Lipinski definition) is 5. The molecule has 0 saturated carbocycles. The van der Waals surface area contributed by atoms with E-state index in [2.05, 4.69) is 11.8 Å². The van der Waals surface area contributed by atoms with Gasteiger partial charge in [0.15, 0.2) is 0 Å². The molecule has 0 amide bonds. The van der Waals surface area contributed by atoms with Crippen LogP contribution in [0.2, 0.25) is 0 Å². The van der Waals surface area contributed by atoms with Crippen LogP contribution >= 0.6 is 0 Å². The molecule has 8 N–H and O–H groups in total. The average molecular weight is 354 g/mol. The van der Waals surface area contributed by atoms with Crippen LogP contribution in [-0.4, -0.2) is 54.7 Å². The van der Waals surface area contributed by atoms with E-state index in [1.165, 1.54) is 17.5 Å². The first-order valence-electron chi connectivity index (χ1n) is 9.32. The van der Waals surface area contributed by atoms with E-state index < -0.39 is 0 Å². The van der Waals surface area contributed by atoms with E-state index in [0.717, 1.165) is 69.6 Å². The van der Waals surface area contributed by atoms with Gasteiger partial charge in [0.25, 0.3) is 0 Å². The van der Waals surface area contributed by atoms with E-state index >= 15 is 0 Å². The van der Waals surface area contributed by atoms with Crippen LogP contribution in [0.5, 0.6) is 0 Å². The smallest absolute Gasteiger partial charge is 0.226 e. The highest BCUT2D eigenvalue weighted by atomic mass is 16.5. The third-order valence-corrected chi connectivity index (χ3v) is 4.95. The third kappa shape index (κ3) is 6.00. The number of ether oxygens (including phenoxy) is 1. The summed E-state index contributed by atoms with van der Waals surface area (Å²) in [5.74, 6) is 0.670. The summed E-state index contributed by atoms with van der Waals surface area (Å²) in [5, 5.41) is 18.5. The number of nitrogens with two attached hydrogens (primary N) is 3. The Kier molecular flexibility index (Phi) is 8.77. The van der Waals surface area contributed by atoms with E-state index in [1.807, 2.05) is 12.1 Å².